The third kappa shape index (κ3) is 2.97. The van der Waals surface area contributed by atoms with Gasteiger partial charge in [0.15, 0.2) is 0 Å². The van der Waals surface area contributed by atoms with E-state index in [2.05, 4.69) is 0 Å². The van der Waals surface area contributed by atoms with Crippen LogP contribution in [0, 0.1) is 6.92 Å². The maximum absolute atomic E-state index is 12.8. The molecule has 0 atom stereocenters. The van der Waals surface area contributed by atoms with Crippen molar-refractivity contribution >= 4 is 11.9 Å². The lowest BCUT2D eigenvalue weighted by Crippen LogP contribution is -2.36. The van der Waals surface area contributed by atoms with E-state index in [4.69, 9.17) is 9.84 Å². The number of aromatic carboxylic acids is 1. The number of nitrogens with zero attached hydrogens (tertiary/aromatic N) is 1. The normalized spacial score (nSPS) is 13.3. The van der Waals surface area contributed by atoms with Crippen molar-refractivity contribution in [1.29, 1.82) is 0 Å². The lowest BCUT2D eigenvalue weighted by atomic mass is 9.96. The topological polar surface area (TPSA) is 66.8 Å². The van der Waals surface area contributed by atoms with Crippen LogP contribution in [0.1, 0.15) is 37.4 Å². The molecule has 0 bridgehead atoms. The first kappa shape index (κ1) is 16.1. The minimum Gasteiger partial charge on any atom is -0.496 e. The van der Waals surface area contributed by atoms with Crippen LogP contribution in [0.4, 0.5) is 0 Å². The van der Waals surface area contributed by atoms with Crippen molar-refractivity contribution in [3.63, 3.8) is 0 Å². The zero-order valence-corrected chi connectivity index (χ0v) is 13.7. The molecule has 124 valence electrons. The Morgan fingerprint density at radius 3 is 2.54 bits per heavy atom. The van der Waals surface area contributed by atoms with Crippen molar-refractivity contribution in [2.45, 2.75) is 19.9 Å². The Hall–Kier alpha value is -2.82. The van der Waals surface area contributed by atoms with E-state index < -0.39 is 5.97 Å². The largest absolute Gasteiger partial charge is 0.496 e. The first-order valence-corrected chi connectivity index (χ1v) is 7.78. The van der Waals surface area contributed by atoms with Crippen LogP contribution in [-0.4, -0.2) is 35.5 Å². The molecular formula is C19H19NO4. The van der Waals surface area contributed by atoms with Gasteiger partial charge in [0.2, 0.25) is 0 Å². The molecule has 0 unspecified atom stereocenters. The van der Waals surface area contributed by atoms with Gasteiger partial charge < -0.3 is 14.7 Å². The summed E-state index contributed by atoms with van der Waals surface area (Å²) < 4.78 is 5.29. The molecule has 1 amide bonds. The van der Waals surface area contributed by atoms with Crippen LogP contribution in [0.5, 0.6) is 5.75 Å². The second kappa shape index (κ2) is 6.35. The number of methoxy groups -OCH3 is 1. The predicted molar refractivity (Wildman–Crippen MR) is 89.6 cm³/mol. The number of amides is 1. The molecule has 0 fully saturated rings. The molecule has 0 saturated heterocycles. The van der Waals surface area contributed by atoms with Crippen molar-refractivity contribution in [3.05, 3.63) is 64.2 Å². The summed E-state index contributed by atoms with van der Waals surface area (Å²) in [6.07, 6.45) is 0.726. The van der Waals surface area contributed by atoms with Gasteiger partial charge in [-0.2, -0.15) is 0 Å². The molecule has 5 heteroatoms. The first-order valence-electron chi connectivity index (χ1n) is 7.78. The summed E-state index contributed by atoms with van der Waals surface area (Å²) in [7, 11) is 1.58. The van der Waals surface area contributed by atoms with Crippen LogP contribution in [-0.2, 0) is 13.0 Å². The fourth-order valence-electron chi connectivity index (χ4n) is 3.00. The zero-order chi connectivity index (χ0) is 17.3. The Kier molecular flexibility index (Phi) is 4.25. The highest BCUT2D eigenvalue weighted by atomic mass is 16.5. The van der Waals surface area contributed by atoms with Crippen LogP contribution < -0.4 is 4.74 Å². The van der Waals surface area contributed by atoms with Gasteiger partial charge in [-0.3, -0.25) is 4.79 Å². The van der Waals surface area contributed by atoms with Gasteiger partial charge in [0.25, 0.3) is 5.91 Å². The fourth-order valence-corrected chi connectivity index (χ4v) is 3.00. The van der Waals surface area contributed by atoms with Crippen molar-refractivity contribution in [3.8, 4) is 5.75 Å². The zero-order valence-electron chi connectivity index (χ0n) is 13.7. The number of ether oxygens (including phenoxy) is 1. The number of hydrogen-bond acceptors (Lipinski definition) is 3. The summed E-state index contributed by atoms with van der Waals surface area (Å²) in [6.45, 7) is 2.97. The van der Waals surface area contributed by atoms with Gasteiger partial charge in [-0.25, -0.2) is 4.79 Å². The number of aryl methyl sites for hydroxylation is 1. The van der Waals surface area contributed by atoms with Crippen LogP contribution >= 0.6 is 0 Å². The predicted octanol–water partition coefficient (Wildman–Crippen LogP) is 2.90. The Balaban J connectivity index is 1.85. The quantitative estimate of drug-likeness (QED) is 0.942. The molecule has 0 saturated carbocycles. The lowest BCUT2D eigenvalue weighted by molar-refractivity contribution is 0.0696. The van der Waals surface area contributed by atoms with E-state index in [-0.39, 0.29) is 11.5 Å². The third-order valence-corrected chi connectivity index (χ3v) is 4.41. The minimum absolute atomic E-state index is 0.0697. The number of hydrogen-bond donors (Lipinski definition) is 1. The van der Waals surface area contributed by atoms with Gasteiger partial charge >= 0.3 is 5.97 Å². The van der Waals surface area contributed by atoms with Crippen LogP contribution in [0.3, 0.4) is 0 Å². The second-order valence-corrected chi connectivity index (χ2v) is 5.95. The monoisotopic (exact) mass is 325 g/mol. The Morgan fingerprint density at radius 2 is 1.83 bits per heavy atom. The first-order chi connectivity index (χ1) is 11.5. The molecule has 5 nitrogen and oxygen atoms in total. The summed E-state index contributed by atoms with van der Waals surface area (Å²) in [5.41, 5.74) is 3.80. The average molecular weight is 325 g/mol. The highest BCUT2D eigenvalue weighted by molar-refractivity contribution is 5.95. The van der Waals surface area contributed by atoms with E-state index in [1.165, 1.54) is 0 Å². The van der Waals surface area contributed by atoms with Gasteiger partial charge in [0.05, 0.1) is 12.7 Å². The molecule has 1 N–H and O–H groups in total. The smallest absolute Gasteiger partial charge is 0.335 e. The van der Waals surface area contributed by atoms with Crippen molar-refractivity contribution in [2.24, 2.45) is 0 Å². The molecule has 2 aromatic rings. The van der Waals surface area contributed by atoms with E-state index in [9.17, 15) is 9.59 Å². The van der Waals surface area contributed by atoms with E-state index in [1.807, 2.05) is 19.1 Å². The van der Waals surface area contributed by atoms with Gasteiger partial charge in [-0.15, -0.1) is 0 Å². The molecule has 2 aromatic carbocycles. The molecule has 24 heavy (non-hydrogen) atoms. The molecule has 0 aromatic heterocycles. The highest BCUT2D eigenvalue weighted by Crippen LogP contribution is 2.24. The Bertz CT molecular complexity index is 813. The minimum atomic E-state index is -0.954. The number of carbonyl (C=O) groups excluding carboxylic acids is 1. The van der Waals surface area contributed by atoms with Crippen LogP contribution in [0.25, 0.3) is 0 Å². The maximum atomic E-state index is 12.8. The number of carboxylic acid groups (broad SMARTS) is 1. The Morgan fingerprint density at radius 1 is 1.08 bits per heavy atom. The van der Waals surface area contributed by atoms with Crippen molar-refractivity contribution in [1.82, 2.24) is 4.90 Å². The van der Waals surface area contributed by atoms with Crippen molar-refractivity contribution < 1.29 is 19.4 Å². The number of fused-ring (bicyclic) bond motifs is 1. The van der Waals surface area contributed by atoms with Gasteiger partial charge in [-0.1, -0.05) is 12.1 Å². The average Bonchev–Trinajstić information content (AvgIpc) is 2.60. The van der Waals surface area contributed by atoms with E-state index in [0.29, 0.717) is 24.4 Å². The van der Waals surface area contributed by atoms with E-state index in [0.717, 1.165) is 23.1 Å². The fraction of sp³-hybridized carbons (Fsp3) is 0.263. The molecule has 1 heterocycles. The number of benzene rings is 2. The molecular weight excluding hydrogens is 306 g/mol. The summed E-state index contributed by atoms with van der Waals surface area (Å²) in [4.78, 5) is 25.6. The van der Waals surface area contributed by atoms with Gasteiger partial charge in [0.1, 0.15) is 5.75 Å². The van der Waals surface area contributed by atoms with Gasteiger partial charge in [-0.05, 0) is 54.3 Å². The molecule has 3 rings (SSSR count). The third-order valence-electron chi connectivity index (χ3n) is 4.41. The summed E-state index contributed by atoms with van der Waals surface area (Å²) in [5, 5.41) is 9.13. The maximum Gasteiger partial charge on any atom is 0.335 e. The van der Waals surface area contributed by atoms with Crippen LogP contribution in [0.2, 0.25) is 0 Å². The molecule has 0 spiro atoms. The molecule has 0 aliphatic carbocycles. The Labute approximate surface area is 140 Å². The van der Waals surface area contributed by atoms with E-state index >= 15 is 0 Å². The van der Waals surface area contributed by atoms with Gasteiger partial charge in [0, 0.05) is 18.7 Å². The number of carboxylic acids is 1. The molecule has 1 aliphatic rings. The van der Waals surface area contributed by atoms with E-state index in [1.54, 1.807) is 36.3 Å². The standard InChI is InChI=1S/C19H19NO4/c1-12-3-4-14(10-17(12)24-2)18(21)20-8-7-13-5-6-15(19(22)23)9-16(13)11-20/h3-6,9-10H,7-8,11H2,1-2H3,(H,22,23). The highest BCUT2D eigenvalue weighted by Gasteiger charge is 2.23. The lowest BCUT2D eigenvalue weighted by Gasteiger charge is -2.29. The molecule has 1 aliphatic heterocycles. The second-order valence-electron chi connectivity index (χ2n) is 5.95. The van der Waals surface area contributed by atoms with Crippen molar-refractivity contribution in [2.75, 3.05) is 13.7 Å². The summed E-state index contributed by atoms with van der Waals surface area (Å²) in [6, 6.07) is 10.5. The molecule has 0 radical (unpaired) electrons. The summed E-state index contributed by atoms with van der Waals surface area (Å²) >= 11 is 0. The number of carbonyl (C=O) groups is 2. The van der Waals surface area contributed by atoms with Crippen LogP contribution in [0.15, 0.2) is 36.4 Å². The number of rotatable bonds is 3. The summed E-state index contributed by atoms with van der Waals surface area (Å²) in [5.74, 6) is -0.337. The SMILES string of the molecule is COc1cc(C(=O)N2CCc3ccc(C(=O)O)cc3C2)ccc1C.